The Kier molecular flexibility index (Phi) is 7.82. The van der Waals surface area contributed by atoms with Gasteiger partial charge in [0.1, 0.15) is 26.2 Å². The number of aromatic nitrogens is 4. The van der Waals surface area contributed by atoms with Crippen LogP contribution in [0.4, 0.5) is 0 Å². The van der Waals surface area contributed by atoms with Gasteiger partial charge in [-0.3, -0.25) is 0 Å². The fraction of sp³-hybridized carbons (Fsp3) is 0.238. The van der Waals surface area contributed by atoms with Crippen molar-refractivity contribution in [2.24, 2.45) is 0 Å². The molecule has 230 valence electrons. The highest BCUT2D eigenvalue weighted by Gasteiger charge is 2.21. The second-order valence-electron chi connectivity index (χ2n) is 13.2. The van der Waals surface area contributed by atoms with Crippen LogP contribution < -0.4 is 9.13 Å². The van der Waals surface area contributed by atoms with E-state index in [1.807, 2.05) is 0 Å². The second-order valence-corrected chi connectivity index (χ2v) is 13.2. The molecule has 0 aliphatic carbocycles. The molecule has 0 radical (unpaired) electrons. The van der Waals surface area contributed by atoms with Crippen LogP contribution in [0.15, 0.2) is 110 Å². The number of imidazole rings is 2. The highest BCUT2D eigenvalue weighted by molar-refractivity contribution is 5.72. The molecule has 0 fully saturated rings. The Morgan fingerprint density at radius 2 is 0.804 bits per heavy atom. The molecule has 0 bridgehead atoms. The van der Waals surface area contributed by atoms with Crippen molar-refractivity contribution in [1.82, 2.24) is 9.13 Å². The van der Waals surface area contributed by atoms with Gasteiger partial charge in [-0.15, -0.1) is 0 Å². The minimum absolute atomic E-state index is 0.816. The van der Waals surface area contributed by atoms with E-state index in [2.05, 4.69) is 170 Å². The van der Waals surface area contributed by atoms with Crippen LogP contribution in [0.2, 0.25) is 0 Å². The van der Waals surface area contributed by atoms with E-state index in [-0.39, 0.29) is 0 Å². The van der Waals surface area contributed by atoms with Gasteiger partial charge < -0.3 is 0 Å². The van der Waals surface area contributed by atoms with Crippen LogP contribution in [0.1, 0.15) is 55.6 Å². The normalized spacial score (nSPS) is 11.6. The molecule has 0 spiro atoms. The van der Waals surface area contributed by atoms with E-state index in [4.69, 9.17) is 0 Å². The number of hydrogen-bond donors (Lipinski definition) is 0. The van der Waals surface area contributed by atoms with Gasteiger partial charge in [0.2, 0.25) is 12.7 Å². The number of para-hydroxylation sites is 4. The fourth-order valence-corrected chi connectivity index (χ4v) is 7.48. The smallest absolute Gasteiger partial charge is 0.226 e. The summed E-state index contributed by atoms with van der Waals surface area (Å²) in [6.07, 6.45) is 4.62. The van der Waals surface area contributed by atoms with Crippen LogP contribution >= 0.6 is 0 Å². The highest BCUT2D eigenvalue weighted by atomic mass is 15.1. The lowest BCUT2D eigenvalue weighted by molar-refractivity contribution is -0.668. The molecule has 0 amide bonds. The molecule has 7 rings (SSSR count). The Labute approximate surface area is 272 Å². The third-order valence-corrected chi connectivity index (χ3v) is 9.70. The van der Waals surface area contributed by atoms with Crippen LogP contribution in [0, 0.1) is 41.5 Å². The van der Waals surface area contributed by atoms with E-state index in [0.29, 0.717) is 0 Å². The van der Waals surface area contributed by atoms with Gasteiger partial charge in [-0.05, 0) is 99.2 Å². The predicted octanol–water partition coefficient (Wildman–Crippen LogP) is 8.21. The predicted molar refractivity (Wildman–Crippen MR) is 188 cm³/mol. The number of benzene rings is 5. The minimum Gasteiger partial charge on any atom is -0.226 e. The molecule has 46 heavy (non-hydrogen) atoms. The Hall–Kier alpha value is -4.96. The molecular weight excluding hydrogens is 560 g/mol. The Balaban J connectivity index is 1.23. The number of hydrogen-bond acceptors (Lipinski definition) is 0. The second kappa shape index (κ2) is 12.1. The van der Waals surface area contributed by atoms with E-state index >= 15 is 0 Å². The summed E-state index contributed by atoms with van der Waals surface area (Å²) in [7, 11) is 0. The van der Waals surface area contributed by atoms with Crippen molar-refractivity contribution in [2.45, 2.75) is 67.7 Å². The third-order valence-electron chi connectivity index (χ3n) is 9.70. The number of rotatable bonds is 8. The summed E-state index contributed by atoms with van der Waals surface area (Å²) >= 11 is 0. The van der Waals surface area contributed by atoms with Gasteiger partial charge in [0.05, 0.1) is 0 Å². The SMILES string of the molecule is Cc1cc(C)c(Cn2c[n+](Cc3ccccc3C[n+]3cn(Cc4c(C)cc(C)cc4C)c4ccccc43)c3ccccc32)c(C)c1. The first-order valence-corrected chi connectivity index (χ1v) is 16.4. The standard InChI is InChI=1S/C42H44N4/c1-29-19-31(3)37(32(4)20-29)25-45-27-43(39-15-9-11-17-41(39)45)23-35-13-7-8-14-36(35)24-44-28-46(42-18-12-10-16-40(42)44)26-38-33(5)21-30(2)22-34(38)6/h7-22,27-28H,23-26H2,1-6H3/q+2. The summed E-state index contributed by atoms with van der Waals surface area (Å²) in [6.45, 7) is 16.7. The van der Waals surface area contributed by atoms with Crippen molar-refractivity contribution in [3.63, 3.8) is 0 Å². The molecule has 0 aliphatic heterocycles. The van der Waals surface area contributed by atoms with E-state index in [9.17, 15) is 0 Å². The molecular formula is C42H44N4+2. The van der Waals surface area contributed by atoms with E-state index < -0.39 is 0 Å². The number of nitrogens with zero attached hydrogens (tertiary/aromatic N) is 4. The van der Waals surface area contributed by atoms with Gasteiger partial charge >= 0.3 is 0 Å². The molecule has 0 saturated heterocycles. The zero-order chi connectivity index (χ0) is 31.9. The van der Waals surface area contributed by atoms with Crippen molar-refractivity contribution in [3.8, 4) is 0 Å². The average Bonchev–Trinajstić information content (AvgIpc) is 3.55. The molecule has 0 aliphatic rings. The number of aryl methyl sites for hydroxylation is 6. The first-order chi connectivity index (χ1) is 22.2. The summed E-state index contributed by atoms with van der Waals surface area (Å²) in [6, 6.07) is 35.7. The molecule has 4 heteroatoms. The Morgan fingerprint density at radius 3 is 1.20 bits per heavy atom. The Morgan fingerprint density at radius 1 is 0.457 bits per heavy atom. The van der Waals surface area contributed by atoms with Crippen LogP contribution in [-0.2, 0) is 26.2 Å². The van der Waals surface area contributed by atoms with Crippen LogP contribution in [-0.4, -0.2) is 9.13 Å². The lowest BCUT2D eigenvalue weighted by Crippen LogP contribution is -2.36. The zero-order valence-corrected chi connectivity index (χ0v) is 28.0. The van der Waals surface area contributed by atoms with Gasteiger partial charge in [-0.25, -0.2) is 18.3 Å². The summed E-state index contributed by atoms with van der Waals surface area (Å²) in [5, 5.41) is 0. The maximum absolute atomic E-state index is 2.42. The molecule has 0 N–H and O–H groups in total. The average molecular weight is 605 g/mol. The van der Waals surface area contributed by atoms with Gasteiger partial charge in [-0.2, -0.15) is 0 Å². The summed E-state index contributed by atoms with van der Waals surface area (Å²) in [5.41, 5.74) is 18.6. The molecule has 0 saturated carbocycles. The van der Waals surface area contributed by atoms with Crippen molar-refractivity contribution in [3.05, 3.63) is 165 Å². The molecule has 4 nitrogen and oxygen atoms in total. The van der Waals surface area contributed by atoms with Crippen LogP contribution in [0.3, 0.4) is 0 Å². The Bertz CT molecular complexity index is 2020. The molecule has 0 atom stereocenters. The van der Waals surface area contributed by atoms with Gasteiger partial charge in [0.25, 0.3) is 0 Å². The van der Waals surface area contributed by atoms with E-state index in [1.165, 1.54) is 77.7 Å². The van der Waals surface area contributed by atoms with Gasteiger partial charge in [-0.1, -0.05) is 83.9 Å². The first-order valence-electron chi connectivity index (χ1n) is 16.4. The molecule has 7 aromatic rings. The topological polar surface area (TPSA) is 17.6 Å². The van der Waals surface area contributed by atoms with Gasteiger partial charge in [0, 0.05) is 11.1 Å². The van der Waals surface area contributed by atoms with E-state index in [1.54, 1.807) is 0 Å². The largest absolute Gasteiger partial charge is 0.245 e. The molecule has 0 unspecified atom stereocenters. The minimum atomic E-state index is 0.816. The summed E-state index contributed by atoms with van der Waals surface area (Å²) in [5.74, 6) is 0. The lowest BCUT2D eigenvalue weighted by Gasteiger charge is -2.10. The maximum atomic E-state index is 2.42. The van der Waals surface area contributed by atoms with E-state index in [0.717, 1.165) is 26.2 Å². The lowest BCUT2D eigenvalue weighted by atomic mass is 10.00. The molecule has 5 aromatic carbocycles. The summed E-state index contributed by atoms with van der Waals surface area (Å²) < 4.78 is 9.67. The molecule has 2 aromatic heterocycles. The molecule has 2 heterocycles. The number of fused-ring (bicyclic) bond motifs is 2. The summed E-state index contributed by atoms with van der Waals surface area (Å²) in [4.78, 5) is 0. The third kappa shape index (κ3) is 5.64. The van der Waals surface area contributed by atoms with Gasteiger partial charge in [0.15, 0.2) is 22.1 Å². The quantitative estimate of drug-likeness (QED) is 0.156. The monoisotopic (exact) mass is 604 g/mol. The van der Waals surface area contributed by atoms with Crippen LogP contribution in [0.25, 0.3) is 22.1 Å². The zero-order valence-electron chi connectivity index (χ0n) is 28.0. The fourth-order valence-electron chi connectivity index (χ4n) is 7.48. The van der Waals surface area contributed by atoms with Crippen molar-refractivity contribution in [1.29, 1.82) is 0 Å². The first kappa shape index (κ1) is 29.7. The highest BCUT2D eigenvalue weighted by Crippen LogP contribution is 2.23. The van der Waals surface area contributed by atoms with Crippen molar-refractivity contribution < 1.29 is 9.13 Å². The van der Waals surface area contributed by atoms with Crippen LogP contribution in [0.5, 0.6) is 0 Å². The van der Waals surface area contributed by atoms with Crippen molar-refractivity contribution >= 4 is 22.1 Å². The maximum Gasteiger partial charge on any atom is 0.245 e. The van der Waals surface area contributed by atoms with Crippen molar-refractivity contribution in [2.75, 3.05) is 0 Å².